The second-order valence-corrected chi connectivity index (χ2v) is 10.8. The molecule has 0 bridgehead atoms. The number of carbonyl (C=O) groups excluding carboxylic acids is 2. The zero-order valence-corrected chi connectivity index (χ0v) is 22.1. The average molecular weight is 519 g/mol. The molecule has 0 saturated carbocycles. The third-order valence-corrected chi connectivity index (χ3v) is 8.23. The van der Waals surface area contributed by atoms with Crippen molar-refractivity contribution in [2.24, 2.45) is 0 Å². The molecule has 2 amide bonds. The van der Waals surface area contributed by atoms with Crippen molar-refractivity contribution in [1.82, 2.24) is 9.80 Å². The van der Waals surface area contributed by atoms with Crippen molar-refractivity contribution in [3.8, 4) is 5.75 Å². The number of rotatable bonds is 9. The van der Waals surface area contributed by atoms with E-state index in [-0.39, 0.29) is 36.9 Å². The van der Waals surface area contributed by atoms with Gasteiger partial charge in [0, 0.05) is 24.6 Å². The van der Waals surface area contributed by atoms with Crippen LogP contribution >= 0.6 is 11.3 Å². The summed E-state index contributed by atoms with van der Waals surface area (Å²) in [5.74, 6) is 0.737. The molecule has 2 unspecified atom stereocenters. The molecular formula is C30H34N2O4S. The fraction of sp³-hybridized carbons (Fsp3) is 0.400. The first-order valence-corrected chi connectivity index (χ1v) is 13.9. The molecule has 0 N–H and O–H groups in total. The Bertz CT molecular complexity index is 1210. The normalized spacial score (nSPS) is 18.9. The summed E-state index contributed by atoms with van der Waals surface area (Å²) >= 11 is 1.73. The van der Waals surface area contributed by atoms with Crippen molar-refractivity contribution in [3.63, 3.8) is 0 Å². The smallest absolute Gasteiger partial charge is 0.242 e. The van der Waals surface area contributed by atoms with Crippen molar-refractivity contribution < 1.29 is 19.1 Å². The van der Waals surface area contributed by atoms with Gasteiger partial charge in [-0.2, -0.15) is 0 Å². The summed E-state index contributed by atoms with van der Waals surface area (Å²) in [6, 6.07) is 19.6. The molecule has 1 saturated heterocycles. The van der Waals surface area contributed by atoms with Gasteiger partial charge in [0.2, 0.25) is 11.8 Å². The van der Waals surface area contributed by atoms with Gasteiger partial charge in [-0.25, -0.2) is 0 Å². The molecule has 0 radical (unpaired) electrons. The molecule has 1 aromatic heterocycles. The minimum Gasteiger partial charge on any atom is -0.491 e. The van der Waals surface area contributed by atoms with Crippen molar-refractivity contribution >= 4 is 23.2 Å². The van der Waals surface area contributed by atoms with Gasteiger partial charge in [0.05, 0.1) is 25.1 Å². The number of para-hydroxylation sites is 1. The van der Waals surface area contributed by atoms with Gasteiger partial charge in [0.1, 0.15) is 12.4 Å². The molecule has 5 rings (SSSR count). The summed E-state index contributed by atoms with van der Waals surface area (Å²) in [6.45, 7) is 4.23. The standard InChI is InChI=1S/C30H34N2O4S/c1-22-8-5-6-12-27(22)36-21-26-25-14-17-37-28(25)13-15-32(26)30(34)20-31(19-24-11-7-16-35-24)29(33)18-23-9-3-2-4-10-23/h2-6,8-10,12,14,17,24,26H,7,11,13,15-16,18-21H2,1H3. The van der Waals surface area contributed by atoms with E-state index in [9.17, 15) is 9.59 Å². The second-order valence-electron chi connectivity index (χ2n) is 9.80. The Balaban J connectivity index is 1.32. The van der Waals surface area contributed by atoms with Gasteiger partial charge < -0.3 is 19.3 Å². The zero-order valence-electron chi connectivity index (χ0n) is 21.3. The Hall–Kier alpha value is -3.16. The fourth-order valence-electron chi connectivity index (χ4n) is 5.19. The maximum atomic E-state index is 13.8. The van der Waals surface area contributed by atoms with E-state index >= 15 is 0 Å². The van der Waals surface area contributed by atoms with Crippen molar-refractivity contribution in [2.75, 3.05) is 32.8 Å². The maximum Gasteiger partial charge on any atom is 0.242 e. The SMILES string of the molecule is Cc1ccccc1OCC1c2ccsc2CCN1C(=O)CN(CC1CCCO1)C(=O)Cc1ccccc1. The lowest BCUT2D eigenvalue weighted by atomic mass is 10.00. The topological polar surface area (TPSA) is 59.1 Å². The van der Waals surface area contributed by atoms with Crippen molar-refractivity contribution in [1.29, 1.82) is 0 Å². The van der Waals surface area contributed by atoms with Crippen LogP contribution in [0.3, 0.4) is 0 Å². The van der Waals surface area contributed by atoms with Crippen LogP contribution in [0.25, 0.3) is 0 Å². The van der Waals surface area contributed by atoms with Crippen LogP contribution in [0.5, 0.6) is 5.75 Å². The number of benzene rings is 2. The van der Waals surface area contributed by atoms with Crippen LogP contribution in [0.2, 0.25) is 0 Å². The van der Waals surface area contributed by atoms with E-state index in [4.69, 9.17) is 9.47 Å². The first-order valence-electron chi connectivity index (χ1n) is 13.1. The Morgan fingerprint density at radius 1 is 1.11 bits per heavy atom. The van der Waals surface area contributed by atoms with Crippen LogP contribution in [-0.2, 0) is 27.2 Å². The first-order chi connectivity index (χ1) is 18.1. The van der Waals surface area contributed by atoms with Crippen LogP contribution in [-0.4, -0.2) is 60.6 Å². The van der Waals surface area contributed by atoms with Crippen LogP contribution in [0.1, 0.15) is 40.5 Å². The molecule has 7 heteroatoms. The molecule has 37 heavy (non-hydrogen) atoms. The lowest BCUT2D eigenvalue weighted by molar-refractivity contribution is -0.143. The van der Waals surface area contributed by atoms with Gasteiger partial charge in [-0.3, -0.25) is 9.59 Å². The highest BCUT2D eigenvalue weighted by Gasteiger charge is 2.34. The number of amides is 2. The Morgan fingerprint density at radius 2 is 1.92 bits per heavy atom. The first kappa shape index (κ1) is 25.5. The van der Waals surface area contributed by atoms with E-state index in [1.807, 2.05) is 66.4 Å². The number of fused-ring (bicyclic) bond motifs is 1. The van der Waals surface area contributed by atoms with Gasteiger partial charge in [-0.1, -0.05) is 48.5 Å². The molecule has 0 spiro atoms. The highest BCUT2D eigenvalue weighted by molar-refractivity contribution is 7.10. The minimum atomic E-state index is -0.184. The second kappa shape index (κ2) is 11.9. The predicted octanol–water partition coefficient (Wildman–Crippen LogP) is 4.81. The molecular weight excluding hydrogens is 484 g/mol. The van der Waals surface area contributed by atoms with Crippen LogP contribution < -0.4 is 4.74 Å². The van der Waals surface area contributed by atoms with Crippen LogP contribution in [0, 0.1) is 6.92 Å². The van der Waals surface area contributed by atoms with Gasteiger partial charge >= 0.3 is 0 Å². The fourth-order valence-corrected chi connectivity index (χ4v) is 6.11. The van der Waals surface area contributed by atoms with Gasteiger partial charge in [-0.05, 0) is 60.4 Å². The monoisotopic (exact) mass is 518 g/mol. The third-order valence-electron chi connectivity index (χ3n) is 7.23. The summed E-state index contributed by atoms with van der Waals surface area (Å²) in [7, 11) is 0. The van der Waals surface area contributed by atoms with E-state index in [0.29, 0.717) is 26.3 Å². The van der Waals surface area contributed by atoms with E-state index in [1.165, 1.54) is 4.88 Å². The minimum absolute atomic E-state index is 0.0162. The molecule has 194 valence electrons. The Morgan fingerprint density at radius 3 is 2.70 bits per heavy atom. The number of hydrogen-bond acceptors (Lipinski definition) is 5. The molecule has 2 atom stereocenters. The molecule has 0 aliphatic carbocycles. The quantitative estimate of drug-likeness (QED) is 0.408. The molecule has 2 aliphatic heterocycles. The summed E-state index contributed by atoms with van der Waals surface area (Å²) in [5.41, 5.74) is 3.16. The highest BCUT2D eigenvalue weighted by Crippen LogP contribution is 2.34. The highest BCUT2D eigenvalue weighted by atomic mass is 32.1. The molecule has 3 aromatic rings. The summed E-state index contributed by atoms with van der Waals surface area (Å²) in [6.07, 6.45) is 2.99. The summed E-state index contributed by atoms with van der Waals surface area (Å²) < 4.78 is 12.1. The average Bonchev–Trinajstić information content (AvgIpc) is 3.60. The third kappa shape index (κ3) is 6.22. The molecule has 2 aliphatic rings. The molecule has 3 heterocycles. The van der Waals surface area contributed by atoms with Crippen molar-refractivity contribution in [2.45, 2.75) is 44.8 Å². The Kier molecular flexibility index (Phi) is 8.21. The van der Waals surface area contributed by atoms with Crippen molar-refractivity contribution in [3.05, 3.63) is 87.6 Å². The van der Waals surface area contributed by atoms with Crippen LogP contribution in [0.15, 0.2) is 66.0 Å². The van der Waals surface area contributed by atoms with E-state index in [0.717, 1.165) is 41.7 Å². The zero-order chi connectivity index (χ0) is 25.6. The van der Waals surface area contributed by atoms with Gasteiger partial charge in [0.15, 0.2) is 0 Å². The molecule has 1 fully saturated rings. The predicted molar refractivity (Wildman–Crippen MR) is 145 cm³/mol. The summed E-state index contributed by atoms with van der Waals surface area (Å²) in [5, 5.41) is 2.09. The number of thiophene rings is 1. The molecule has 6 nitrogen and oxygen atoms in total. The number of ether oxygens (including phenoxy) is 2. The lowest BCUT2D eigenvalue weighted by Crippen LogP contribution is -2.49. The molecule has 2 aromatic carbocycles. The maximum absolute atomic E-state index is 13.8. The van der Waals surface area contributed by atoms with Gasteiger partial charge in [0.25, 0.3) is 0 Å². The van der Waals surface area contributed by atoms with E-state index < -0.39 is 0 Å². The number of hydrogen-bond donors (Lipinski definition) is 0. The lowest BCUT2D eigenvalue weighted by Gasteiger charge is -2.37. The van der Waals surface area contributed by atoms with E-state index in [2.05, 4.69) is 11.4 Å². The Labute approximate surface area is 222 Å². The largest absolute Gasteiger partial charge is 0.491 e. The summed E-state index contributed by atoms with van der Waals surface area (Å²) in [4.78, 5) is 32.1. The number of carbonyl (C=O) groups is 2. The number of aryl methyl sites for hydroxylation is 1. The number of nitrogens with zero attached hydrogens (tertiary/aromatic N) is 2. The van der Waals surface area contributed by atoms with Gasteiger partial charge in [-0.15, -0.1) is 11.3 Å². The van der Waals surface area contributed by atoms with E-state index in [1.54, 1.807) is 16.2 Å². The van der Waals surface area contributed by atoms with Crippen LogP contribution in [0.4, 0.5) is 0 Å².